The number of amides is 1. The molecule has 2 nitrogen and oxygen atoms in total. The van der Waals surface area contributed by atoms with Gasteiger partial charge in [-0.05, 0) is 42.7 Å². The normalized spacial score (nSPS) is 18.1. The van der Waals surface area contributed by atoms with Crippen molar-refractivity contribution >= 4 is 17.2 Å². The van der Waals surface area contributed by atoms with Gasteiger partial charge in [0.05, 0.1) is 4.88 Å². The van der Waals surface area contributed by atoms with Crippen LogP contribution in [0.2, 0.25) is 0 Å². The average molecular weight is 223 g/mol. The van der Waals surface area contributed by atoms with Crippen LogP contribution < -0.4 is 0 Å². The van der Waals surface area contributed by atoms with Gasteiger partial charge in [-0.2, -0.15) is 0 Å². The number of carbonyl (C=O) groups excluding carboxylic acids is 1. The van der Waals surface area contributed by atoms with Crippen LogP contribution in [0, 0.1) is 12.8 Å². The van der Waals surface area contributed by atoms with Crippen molar-refractivity contribution in [3.63, 3.8) is 0 Å². The van der Waals surface area contributed by atoms with Gasteiger partial charge in [-0.3, -0.25) is 4.79 Å². The Balaban J connectivity index is 2.02. The van der Waals surface area contributed by atoms with E-state index in [1.54, 1.807) is 11.3 Å². The van der Waals surface area contributed by atoms with Crippen molar-refractivity contribution in [1.29, 1.82) is 0 Å². The van der Waals surface area contributed by atoms with E-state index in [1.807, 2.05) is 23.3 Å². The summed E-state index contributed by atoms with van der Waals surface area (Å²) in [5, 5.41) is 2.04. The summed E-state index contributed by atoms with van der Waals surface area (Å²) in [6.45, 7) is 6.15. The summed E-state index contributed by atoms with van der Waals surface area (Å²) >= 11 is 1.56. The van der Waals surface area contributed by atoms with E-state index in [2.05, 4.69) is 6.92 Å². The van der Waals surface area contributed by atoms with Gasteiger partial charge in [-0.25, -0.2) is 0 Å². The van der Waals surface area contributed by atoms with Crippen LogP contribution in [0.5, 0.6) is 0 Å². The Hall–Kier alpha value is -0.830. The zero-order valence-electron chi connectivity index (χ0n) is 9.32. The molecular formula is C12H17NOS. The van der Waals surface area contributed by atoms with Gasteiger partial charge in [0.15, 0.2) is 0 Å². The molecule has 15 heavy (non-hydrogen) atoms. The lowest BCUT2D eigenvalue weighted by Gasteiger charge is -2.29. The van der Waals surface area contributed by atoms with Gasteiger partial charge in [0.1, 0.15) is 0 Å². The van der Waals surface area contributed by atoms with Crippen LogP contribution in [-0.4, -0.2) is 23.9 Å². The lowest BCUT2D eigenvalue weighted by Crippen LogP contribution is -2.37. The molecule has 82 valence electrons. The van der Waals surface area contributed by atoms with Gasteiger partial charge in [0.2, 0.25) is 0 Å². The number of likely N-dealkylation sites (tertiary alicyclic amines) is 1. The molecule has 0 saturated carbocycles. The topological polar surface area (TPSA) is 20.3 Å². The summed E-state index contributed by atoms with van der Waals surface area (Å²) in [5.41, 5.74) is 1.19. The van der Waals surface area contributed by atoms with E-state index >= 15 is 0 Å². The molecule has 2 rings (SSSR count). The number of nitrogens with zero attached hydrogens (tertiary/aromatic N) is 1. The SMILES string of the molecule is Cc1csc(C(=O)N2CCC(C)CC2)c1. The second kappa shape index (κ2) is 4.35. The molecule has 0 radical (unpaired) electrons. The summed E-state index contributed by atoms with van der Waals surface area (Å²) in [7, 11) is 0. The fourth-order valence-electron chi connectivity index (χ4n) is 1.91. The number of hydrogen-bond acceptors (Lipinski definition) is 2. The van der Waals surface area contributed by atoms with Crippen molar-refractivity contribution in [2.45, 2.75) is 26.7 Å². The first kappa shape index (κ1) is 10.7. The molecule has 1 aromatic heterocycles. The Morgan fingerprint density at radius 3 is 2.67 bits per heavy atom. The van der Waals surface area contributed by atoms with Crippen LogP contribution in [0.1, 0.15) is 35.0 Å². The molecule has 3 heteroatoms. The number of thiophene rings is 1. The summed E-state index contributed by atoms with van der Waals surface area (Å²) in [5.74, 6) is 0.999. The highest BCUT2D eigenvalue weighted by molar-refractivity contribution is 7.12. The predicted molar refractivity (Wildman–Crippen MR) is 63.4 cm³/mol. The molecule has 0 atom stereocenters. The molecule has 0 aromatic carbocycles. The Labute approximate surface area is 94.9 Å². The third-order valence-electron chi connectivity index (χ3n) is 3.01. The average Bonchev–Trinajstić information content (AvgIpc) is 2.65. The molecule has 1 fully saturated rings. The number of rotatable bonds is 1. The van der Waals surface area contributed by atoms with Gasteiger partial charge < -0.3 is 4.90 Å². The van der Waals surface area contributed by atoms with Crippen LogP contribution in [-0.2, 0) is 0 Å². The van der Waals surface area contributed by atoms with Crippen LogP contribution in [0.3, 0.4) is 0 Å². The lowest BCUT2D eigenvalue weighted by atomic mass is 9.99. The monoisotopic (exact) mass is 223 g/mol. The lowest BCUT2D eigenvalue weighted by molar-refractivity contribution is 0.0702. The van der Waals surface area contributed by atoms with Crippen molar-refractivity contribution in [2.24, 2.45) is 5.92 Å². The van der Waals surface area contributed by atoms with Gasteiger partial charge in [-0.1, -0.05) is 6.92 Å². The van der Waals surface area contributed by atoms with E-state index < -0.39 is 0 Å². The number of carbonyl (C=O) groups is 1. The first-order chi connectivity index (χ1) is 7.16. The highest BCUT2D eigenvalue weighted by atomic mass is 32.1. The molecule has 1 aliphatic rings. The van der Waals surface area contributed by atoms with E-state index in [4.69, 9.17) is 0 Å². The number of hydrogen-bond donors (Lipinski definition) is 0. The maximum absolute atomic E-state index is 12.1. The Bertz CT molecular complexity index is 350. The molecule has 1 saturated heterocycles. The van der Waals surface area contributed by atoms with Crippen molar-refractivity contribution in [1.82, 2.24) is 4.90 Å². The minimum absolute atomic E-state index is 0.222. The maximum atomic E-state index is 12.1. The van der Waals surface area contributed by atoms with Crippen molar-refractivity contribution < 1.29 is 4.79 Å². The summed E-state index contributed by atoms with van der Waals surface area (Å²) in [6.07, 6.45) is 2.30. The van der Waals surface area contributed by atoms with Crippen LogP contribution >= 0.6 is 11.3 Å². The molecule has 0 spiro atoms. The predicted octanol–water partition coefficient (Wildman–Crippen LogP) is 2.93. The Morgan fingerprint density at radius 2 is 2.13 bits per heavy atom. The van der Waals surface area contributed by atoms with E-state index in [0.29, 0.717) is 0 Å². The first-order valence-corrected chi connectivity index (χ1v) is 6.39. The highest BCUT2D eigenvalue weighted by Crippen LogP contribution is 2.21. The number of piperidine rings is 1. The van der Waals surface area contributed by atoms with E-state index in [-0.39, 0.29) is 5.91 Å². The third kappa shape index (κ3) is 2.40. The Morgan fingerprint density at radius 1 is 1.47 bits per heavy atom. The van der Waals surface area contributed by atoms with Crippen LogP contribution in [0.15, 0.2) is 11.4 Å². The fourth-order valence-corrected chi connectivity index (χ4v) is 2.78. The molecule has 2 heterocycles. The second-order valence-corrected chi connectivity index (χ2v) is 5.37. The molecule has 1 aliphatic heterocycles. The zero-order valence-corrected chi connectivity index (χ0v) is 10.1. The quantitative estimate of drug-likeness (QED) is 0.717. The van der Waals surface area contributed by atoms with E-state index in [0.717, 1.165) is 36.7 Å². The van der Waals surface area contributed by atoms with Crippen LogP contribution in [0.4, 0.5) is 0 Å². The molecule has 0 bridgehead atoms. The Kier molecular flexibility index (Phi) is 3.10. The standard InChI is InChI=1S/C12H17NOS/c1-9-3-5-13(6-4-9)12(14)11-7-10(2)8-15-11/h7-9H,3-6H2,1-2H3. The minimum atomic E-state index is 0.222. The molecule has 1 aromatic rings. The fraction of sp³-hybridized carbons (Fsp3) is 0.583. The van der Waals surface area contributed by atoms with Gasteiger partial charge in [0, 0.05) is 13.1 Å². The molecule has 0 unspecified atom stereocenters. The zero-order chi connectivity index (χ0) is 10.8. The van der Waals surface area contributed by atoms with Crippen LogP contribution in [0.25, 0.3) is 0 Å². The largest absolute Gasteiger partial charge is 0.338 e. The summed E-state index contributed by atoms with van der Waals surface area (Å²) in [4.78, 5) is 14.9. The third-order valence-corrected chi connectivity index (χ3v) is 4.05. The van der Waals surface area contributed by atoms with Crippen molar-refractivity contribution in [3.8, 4) is 0 Å². The minimum Gasteiger partial charge on any atom is -0.338 e. The van der Waals surface area contributed by atoms with Crippen molar-refractivity contribution in [2.75, 3.05) is 13.1 Å². The number of aryl methyl sites for hydroxylation is 1. The summed E-state index contributed by atoms with van der Waals surface area (Å²) in [6, 6.07) is 1.99. The maximum Gasteiger partial charge on any atom is 0.263 e. The summed E-state index contributed by atoms with van der Waals surface area (Å²) < 4.78 is 0. The van der Waals surface area contributed by atoms with Gasteiger partial charge >= 0.3 is 0 Å². The van der Waals surface area contributed by atoms with Gasteiger partial charge in [-0.15, -0.1) is 11.3 Å². The molecule has 1 amide bonds. The first-order valence-electron chi connectivity index (χ1n) is 5.51. The molecule has 0 aliphatic carbocycles. The molecule has 0 N–H and O–H groups in total. The van der Waals surface area contributed by atoms with E-state index in [9.17, 15) is 4.79 Å². The smallest absolute Gasteiger partial charge is 0.263 e. The highest BCUT2D eigenvalue weighted by Gasteiger charge is 2.21. The van der Waals surface area contributed by atoms with Gasteiger partial charge in [0.25, 0.3) is 5.91 Å². The van der Waals surface area contributed by atoms with E-state index in [1.165, 1.54) is 5.56 Å². The second-order valence-electron chi connectivity index (χ2n) is 4.46. The molecular weight excluding hydrogens is 206 g/mol. The van der Waals surface area contributed by atoms with Crippen molar-refractivity contribution in [3.05, 3.63) is 21.9 Å².